The van der Waals surface area contributed by atoms with Gasteiger partial charge in [0.05, 0.1) is 6.10 Å². The van der Waals surface area contributed by atoms with E-state index >= 15 is 0 Å². The number of primary amides is 2. The Morgan fingerprint density at radius 1 is 1.16 bits per heavy atom. The fourth-order valence-electron chi connectivity index (χ4n) is 1.19. The first-order chi connectivity index (χ1) is 8.65. The van der Waals surface area contributed by atoms with Gasteiger partial charge in [-0.1, -0.05) is 0 Å². The van der Waals surface area contributed by atoms with Crippen LogP contribution in [-0.4, -0.2) is 64.2 Å². The summed E-state index contributed by atoms with van der Waals surface area (Å²) in [6, 6.07) is -2.64. The molecule has 10 heteroatoms. The number of aliphatic hydroxyl groups excluding tert-OH is 1. The molecule has 108 valence electrons. The van der Waals surface area contributed by atoms with Gasteiger partial charge in [-0.05, 0) is 6.92 Å². The molecule has 10 nitrogen and oxygen atoms in total. The number of carbonyl (C=O) groups excluding carboxylic acids is 3. The zero-order valence-corrected chi connectivity index (χ0v) is 10.2. The molecule has 0 spiro atoms. The van der Waals surface area contributed by atoms with Gasteiger partial charge in [0.1, 0.15) is 13.1 Å². The number of amides is 4. The number of nitrogens with zero attached hydrogens (tertiary/aromatic N) is 1. The highest BCUT2D eigenvalue weighted by molar-refractivity contribution is 5.89. The van der Waals surface area contributed by atoms with Crippen LogP contribution in [0.25, 0.3) is 0 Å². The van der Waals surface area contributed by atoms with E-state index in [4.69, 9.17) is 16.6 Å². The van der Waals surface area contributed by atoms with Crippen LogP contribution in [0.1, 0.15) is 6.92 Å². The summed E-state index contributed by atoms with van der Waals surface area (Å²) < 4.78 is 0. The molecule has 0 bridgehead atoms. The van der Waals surface area contributed by atoms with Crippen LogP contribution in [0.5, 0.6) is 0 Å². The monoisotopic (exact) mass is 276 g/mol. The van der Waals surface area contributed by atoms with Crippen LogP contribution in [0.2, 0.25) is 0 Å². The molecule has 0 aromatic heterocycles. The summed E-state index contributed by atoms with van der Waals surface area (Å²) in [6.07, 6.45) is -1.37. The second-order valence-electron chi connectivity index (χ2n) is 3.79. The molecule has 0 aromatic rings. The largest absolute Gasteiger partial charge is 0.480 e. The number of carbonyl (C=O) groups is 4. The Kier molecular flexibility index (Phi) is 6.27. The summed E-state index contributed by atoms with van der Waals surface area (Å²) >= 11 is 0. The lowest BCUT2D eigenvalue weighted by molar-refractivity contribution is -0.141. The van der Waals surface area contributed by atoms with Crippen LogP contribution in [-0.2, 0) is 14.4 Å². The lowest BCUT2D eigenvalue weighted by atomic mass is 10.2. The molecule has 0 aliphatic heterocycles. The molecule has 0 fully saturated rings. The van der Waals surface area contributed by atoms with Crippen molar-refractivity contribution in [1.82, 2.24) is 10.2 Å². The minimum atomic E-state index is -1.59. The highest BCUT2D eigenvalue weighted by Crippen LogP contribution is 1.97. The molecule has 0 aromatic carbocycles. The fourth-order valence-corrected chi connectivity index (χ4v) is 1.19. The van der Waals surface area contributed by atoms with Crippen molar-refractivity contribution >= 4 is 23.8 Å². The Morgan fingerprint density at radius 3 is 1.84 bits per heavy atom. The van der Waals surface area contributed by atoms with E-state index in [9.17, 15) is 24.3 Å². The number of aliphatic hydroxyl groups is 1. The number of hydrogen-bond acceptors (Lipinski definition) is 5. The van der Waals surface area contributed by atoms with Gasteiger partial charge in [-0.3, -0.25) is 9.59 Å². The minimum Gasteiger partial charge on any atom is -0.480 e. The van der Waals surface area contributed by atoms with E-state index in [1.165, 1.54) is 0 Å². The SMILES string of the molecule is CC(O)C(NC(=O)N(CC(N)=O)CC(N)=O)C(=O)O. The predicted octanol–water partition coefficient (Wildman–Crippen LogP) is -3.20. The first kappa shape index (κ1) is 16.6. The summed E-state index contributed by atoms with van der Waals surface area (Å²) in [7, 11) is 0. The van der Waals surface area contributed by atoms with Crippen LogP contribution < -0.4 is 16.8 Å². The van der Waals surface area contributed by atoms with Crippen molar-refractivity contribution in [1.29, 1.82) is 0 Å². The van der Waals surface area contributed by atoms with Crippen LogP contribution in [0.4, 0.5) is 4.79 Å². The molecule has 0 aliphatic rings. The third-order valence-electron chi connectivity index (χ3n) is 2.01. The molecular weight excluding hydrogens is 260 g/mol. The Labute approximate surface area is 108 Å². The number of hydrogen-bond donors (Lipinski definition) is 5. The summed E-state index contributed by atoms with van der Waals surface area (Å²) in [4.78, 5) is 44.5. The van der Waals surface area contributed by atoms with Gasteiger partial charge in [0.25, 0.3) is 0 Å². The van der Waals surface area contributed by atoms with Gasteiger partial charge in [-0.2, -0.15) is 0 Å². The van der Waals surface area contributed by atoms with Crippen LogP contribution in [0.3, 0.4) is 0 Å². The number of rotatable bonds is 7. The molecule has 0 rings (SSSR count). The smallest absolute Gasteiger partial charge is 0.328 e. The molecule has 2 unspecified atom stereocenters. The summed E-state index contributed by atoms with van der Waals surface area (Å²) in [6.45, 7) is -0.0621. The highest BCUT2D eigenvalue weighted by atomic mass is 16.4. The fraction of sp³-hybridized carbons (Fsp3) is 0.556. The Hall–Kier alpha value is -2.36. The average Bonchev–Trinajstić information content (AvgIpc) is 2.22. The van der Waals surface area contributed by atoms with Gasteiger partial charge < -0.3 is 31.9 Å². The number of nitrogens with one attached hydrogen (secondary N) is 1. The highest BCUT2D eigenvalue weighted by Gasteiger charge is 2.28. The van der Waals surface area contributed by atoms with Crippen molar-refractivity contribution in [2.75, 3.05) is 13.1 Å². The van der Waals surface area contributed by atoms with Crippen molar-refractivity contribution in [2.45, 2.75) is 19.1 Å². The van der Waals surface area contributed by atoms with Gasteiger partial charge in [-0.25, -0.2) is 9.59 Å². The lowest BCUT2D eigenvalue weighted by Gasteiger charge is -2.24. The summed E-state index contributed by atoms with van der Waals surface area (Å²) in [5.74, 6) is -3.28. The summed E-state index contributed by atoms with van der Waals surface area (Å²) in [5, 5.41) is 19.9. The molecule has 0 saturated carbocycles. The predicted molar refractivity (Wildman–Crippen MR) is 61.6 cm³/mol. The van der Waals surface area contributed by atoms with E-state index in [-0.39, 0.29) is 0 Å². The van der Waals surface area contributed by atoms with E-state index in [0.29, 0.717) is 4.90 Å². The zero-order valence-electron chi connectivity index (χ0n) is 10.2. The van der Waals surface area contributed by atoms with Gasteiger partial charge in [0, 0.05) is 0 Å². The number of urea groups is 1. The standard InChI is InChI=1S/C9H16N4O6/c1-4(14)7(8(17)18)12-9(19)13(2-5(10)15)3-6(11)16/h4,7,14H,2-3H2,1H3,(H2,10,15)(H2,11,16)(H,12,19)(H,17,18). The topological polar surface area (TPSA) is 176 Å². The van der Waals surface area contributed by atoms with E-state index in [1.54, 1.807) is 0 Å². The number of aliphatic carboxylic acids is 1. The molecule has 0 heterocycles. The maximum Gasteiger partial charge on any atom is 0.328 e. The molecule has 2 atom stereocenters. The van der Waals surface area contributed by atoms with Gasteiger partial charge >= 0.3 is 12.0 Å². The first-order valence-corrected chi connectivity index (χ1v) is 5.18. The average molecular weight is 276 g/mol. The maximum atomic E-state index is 11.7. The Bertz CT molecular complexity index is 367. The number of nitrogens with two attached hydrogens (primary N) is 2. The number of carboxylic acids is 1. The molecular formula is C9H16N4O6. The van der Waals surface area contributed by atoms with Crippen molar-refractivity contribution in [3.8, 4) is 0 Å². The van der Waals surface area contributed by atoms with Crippen LogP contribution in [0, 0.1) is 0 Å². The van der Waals surface area contributed by atoms with E-state index in [1.807, 2.05) is 5.32 Å². The maximum absolute atomic E-state index is 11.7. The van der Waals surface area contributed by atoms with E-state index < -0.39 is 49.1 Å². The van der Waals surface area contributed by atoms with Crippen molar-refractivity contribution in [3.63, 3.8) is 0 Å². The molecule has 0 aliphatic carbocycles. The van der Waals surface area contributed by atoms with Gasteiger partial charge in [0.15, 0.2) is 6.04 Å². The van der Waals surface area contributed by atoms with Crippen molar-refractivity contribution < 1.29 is 29.4 Å². The van der Waals surface area contributed by atoms with Crippen LogP contribution >= 0.6 is 0 Å². The molecule has 0 radical (unpaired) electrons. The second-order valence-corrected chi connectivity index (χ2v) is 3.79. The lowest BCUT2D eigenvalue weighted by Crippen LogP contribution is -2.55. The quantitative estimate of drug-likeness (QED) is 0.327. The first-order valence-electron chi connectivity index (χ1n) is 5.18. The zero-order chi connectivity index (χ0) is 15.2. The summed E-state index contributed by atoms with van der Waals surface area (Å²) in [5.41, 5.74) is 9.76. The Balaban J connectivity index is 4.83. The molecule has 7 N–H and O–H groups in total. The molecule has 19 heavy (non-hydrogen) atoms. The van der Waals surface area contributed by atoms with E-state index in [2.05, 4.69) is 0 Å². The minimum absolute atomic E-state index is 0.610. The molecule has 0 saturated heterocycles. The van der Waals surface area contributed by atoms with E-state index in [0.717, 1.165) is 6.92 Å². The third kappa shape index (κ3) is 6.21. The molecule has 4 amide bonds. The number of carboxylic acid groups (broad SMARTS) is 1. The normalized spacial score (nSPS) is 13.2. The second kappa shape index (κ2) is 7.16. The Morgan fingerprint density at radius 2 is 1.58 bits per heavy atom. The van der Waals surface area contributed by atoms with Gasteiger partial charge in [-0.15, -0.1) is 0 Å². The third-order valence-corrected chi connectivity index (χ3v) is 2.01. The van der Waals surface area contributed by atoms with Crippen molar-refractivity contribution in [2.24, 2.45) is 11.5 Å². The van der Waals surface area contributed by atoms with Crippen LogP contribution in [0.15, 0.2) is 0 Å². The van der Waals surface area contributed by atoms with Gasteiger partial charge in [0.2, 0.25) is 11.8 Å². The van der Waals surface area contributed by atoms with Crippen molar-refractivity contribution in [3.05, 3.63) is 0 Å².